The zero-order valence-electron chi connectivity index (χ0n) is 12.4. The Bertz CT molecular complexity index is 634. The van der Waals surface area contributed by atoms with E-state index in [4.69, 9.17) is 0 Å². The van der Waals surface area contributed by atoms with Crippen molar-refractivity contribution >= 4 is 17.2 Å². The molecule has 2 aromatic rings. The molecule has 124 valence electrons. The van der Waals surface area contributed by atoms with Crippen LogP contribution in [0.25, 0.3) is 0 Å². The van der Waals surface area contributed by atoms with Crippen LogP contribution in [0.3, 0.4) is 0 Å². The Kier molecular flexibility index (Phi) is 6.06. The molecule has 1 aromatic heterocycles. The summed E-state index contributed by atoms with van der Waals surface area (Å²) in [6, 6.07) is 9.53. The van der Waals surface area contributed by atoms with Gasteiger partial charge in [0.15, 0.2) is 0 Å². The van der Waals surface area contributed by atoms with Gasteiger partial charge in [0.25, 0.3) is 0 Å². The van der Waals surface area contributed by atoms with Gasteiger partial charge in [-0.05, 0) is 36.1 Å². The third-order valence-electron chi connectivity index (χ3n) is 3.30. The molecule has 0 aliphatic carbocycles. The maximum atomic E-state index is 12.2. The Morgan fingerprint density at radius 2 is 2.13 bits per heavy atom. The van der Waals surface area contributed by atoms with Gasteiger partial charge in [-0.1, -0.05) is 18.2 Å². The highest BCUT2D eigenvalue weighted by molar-refractivity contribution is 7.10. The van der Waals surface area contributed by atoms with Gasteiger partial charge in [0.2, 0.25) is 5.91 Å². The fourth-order valence-electron chi connectivity index (χ4n) is 2.03. The van der Waals surface area contributed by atoms with E-state index in [1.165, 1.54) is 29.5 Å². The lowest BCUT2D eigenvalue weighted by Crippen LogP contribution is -2.31. The van der Waals surface area contributed by atoms with Gasteiger partial charge in [-0.3, -0.25) is 4.79 Å². The Morgan fingerprint density at radius 3 is 2.78 bits per heavy atom. The highest BCUT2D eigenvalue weighted by atomic mass is 32.1. The summed E-state index contributed by atoms with van der Waals surface area (Å²) in [6.45, 7) is -1.15. The van der Waals surface area contributed by atoms with E-state index >= 15 is 0 Å². The van der Waals surface area contributed by atoms with Crippen molar-refractivity contribution in [2.24, 2.45) is 0 Å². The van der Waals surface area contributed by atoms with Crippen LogP contribution >= 0.6 is 11.3 Å². The number of carbonyl (C=O) groups excluding carboxylic acids is 1. The lowest BCUT2D eigenvalue weighted by Gasteiger charge is -2.15. The van der Waals surface area contributed by atoms with Crippen molar-refractivity contribution in [1.82, 2.24) is 5.32 Å². The minimum absolute atomic E-state index is 0.00726. The van der Waals surface area contributed by atoms with E-state index in [1.807, 2.05) is 17.5 Å². The Morgan fingerprint density at radius 1 is 1.35 bits per heavy atom. The smallest absolute Gasteiger partial charge is 0.387 e. The average molecular weight is 341 g/mol. The molecule has 0 spiro atoms. The quantitative estimate of drug-likeness (QED) is 0.812. The van der Waals surface area contributed by atoms with E-state index in [1.54, 1.807) is 13.0 Å². The number of thiophene rings is 1. The largest absolute Gasteiger partial charge is 0.435 e. The van der Waals surface area contributed by atoms with Crippen LogP contribution in [0.15, 0.2) is 41.8 Å². The number of benzene rings is 1. The molecular formula is C16H17F2NO3S. The summed E-state index contributed by atoms with van der Waals surface area (Å²) >= 11 is 1.49. The summed E-state index contributed by atoms with van der Waals surface area (Å²) in [6.07, 6.45) is -1.00. The molecule has 23 heavy (non-hydrogen) atoms. The second-order valence-electron chi connectivity index (χ2n) is 4.95. The number of amides is 1. The van der Waals surface area contributed by atoms with Crippen molar-refractivity contribution in [3.05, 3.63) is 52.2 Å². The number of aliphatic hydroxyl groups is 1. The third kappa shape index (κ3) is 5.01. The molecule has 1 heterocycles. The maximum Gasteiger partial charge on any atom is 0.387 e. The molecule has 7 heteroatoms. The Hall–Kier alpha value is -1.99. The molecule has 0 saturated carbocycles. The zero-order valence-corrected chi connectivity index (χ0v) is 13.2. The van der Waals surface area contributed by atoms with Crippen molar-refractivity contribution in [3.63, 3.8) is 0 Å². The fraction of sp³-hybridized carbons (Fsp3) is 0.312. The van der Waals surface area contributed by atoms with Crippen LogP contribution < -0.4 is 10.1 Å². The number of halogens is 2. The van der Waals surface area contributed by atoms with Crippen molar-refractivity contribution in [3.8, 4) is 5.75 Å². The van der Waals surface area contributed by atoms with E-state index in [0.29, 0.717) is 5.56 Å². The van der Waals surface area contributed by atoms with E-state index in [2.05, 4.69) is 10.1 Å². The first-order chi connectivity index (χ1) is 11.0. The molecule has 0 aliphatic rings. The van der Waals surface area contributed by atoms with E-state index in [-0.39, 0.29) is 24.1 Å². The standard InChI is InChI=1S/C16H17F2NO3S/c1-10(14-6-3-7-23-14)15(21)19-9-13(20)11-4-2-5-12(8-11)22-16(17)18/h2-8,10,13,16,20H,9H2,1H3,(H,19,21). The molecule has 0 bridgehead atoms. The molecule has 0 radical (unpaired) electrons. The number of rotatable bonds is 7. The molecular weight excluding hydrogens is 324 g/mol. The van der Waals surface area contributed by atoms with E-state index < -0.39 is 12.7 Å². The summed E-state index contributed by atoms with van der Waals surface area (Å²) < 4.78 is 28.7. The summed E-state index contributed by atoms with van der Waals surface area (Å²) in [7, 11) is 0. The minimum atomic E-state index is -2.92. The normalized spacial score (nSPS) is 13.6. The maximum absolute atomic E-state index is 12.2. The number of hydrogen-bond donors (Lipinski definition) is 2. The number of hydrogen-bond acceptors (Lipinski definition) is 4. The molecule has 0 fully saturated rings. The first-order valence-corrected chi connectivity index (χ1v) is 7.89. The summed E-state index contributed by atoms with van der Waals surface area (Å²) in [5.74, 6) is -0.544. The number of ether oxygens (including phenoxy) is 1. The second-order valence-corrected chi connectivity index (χ2v) is 5.93. The fourth-order valence-corrected chi connectivity index (χ4v) is 2.82. The molecule has 0 aliphatic heterocycles. The topological polar surface area (TPSA) is 58.6 Å². The van der Waals surface area contributed by atoms with Gasteiger partial charge in [0, 0.05) is 11.4 Å². The zero-order chi connectivity index (χ0) is 16.8. The van der Waals surface area contributed by atoms with Crippen molar-refractivity contribution in [2.75, 3.05) is 6.54 Å². The third-order valence-corrected chi connectivity index (χ3v) is 4.36. The van der Waals surface area contributed by atoms with E-state index in [9.17, 15) is 18.7 Å². The van der Waals surface area contributed by atoms with Crippen LogP contribution in [0.4, 0.5) is 8.78 Å². The Balaban J connectivity index is 1.91. The Labute approximate surface area is 136 Å². The van der Waals surface area contributed by atoms with Gasteiger partial charge in [0.05, 0.1) is 12.0 Å². The van der Waals surface area contributed by atoms with Gasteiger partial charge < -0.3 is 15.2 Å². The monoisotopic (exact) mass is 341 g/mol. The number of nitrogens with one attached hydrogen (secondary N) is 1. The van der Waals surface area contributed by atoms with Crippen LogP contribution in [0.5, 0.6) is 5.75 Å². The highest BCUT2D eigenvalue weighted by Gasteiger charge is 2.18. The predicted molar refractivity (Wildman–Crippen MR) is 83.8 cm³/mol. The van der Waals surface area contributed by atoms with Crippen LogP contribution in [0.1, 0.15) is 29.4 Å². The van der Waals surface area contributed by atoms with E-state index in [0.717, 1.165) is 4.88 Å². The lowest BCUT2D eigenvalue weighted by molar-refractivity contribution is -0.122. The van der Waals surface area contributed by atoms with Gasteiger partial charge >= 0.3 is 6.61 Å². The molecule has 2 unspecified atom stereocenters. The van der Waals surface area contributed by atoms with Gasteiger partial charge in [-0.15, -0.1) is 11.3 Å². The number of aliphatic hydroxyl groups excluding tert-OH is 1. The lowest BCUT2D eigenvalue weighted by atomic mass is 10.1. The van der Waals surface area contributed by atoms with Crippen LogP contribution in [0.2, 0.25) is 0 Å². The van der Waals surface area contributed by atoms with Crippen LogP contribution in [-0.2, 0) is 4.79 Å². The first-order valence-electron chi connectivity index (χ1n) is 7.01. The van der Waals surface area contributed by atoms with Gasteiger partial charge in [-0.2, -0.15) is 8.78 Å². The molecule has 1 amide bonds. The van der Waals surface area contributed by atoms with Crippen LogP contribution in [0, 0.1) is 0 Å². The van der Waals surface area contributed by atoms with Crippen molar-refractivity contribution in [2.45, 2.75) is 25.6 Å². The summed E-state index contributed by atoms with van der Waals surface area (Å²) in [4.78, 5) is 13.0. The average Bonchev–Trinajstić information content (AvgIpc) is 3.05. The number of alkyl halides is 2. The van der Waals surface area contributed by atoms with Gasteiger partial charge in [0.1, 0.15) is 5.75 Å². The summed E-state index contributed by atoms with van der Waals surface area (Å²) in [5, 5.41) is 14.6. The minimum Gasteiger partial charge on any atom is -0.435 e. The summed E-state index contributed by atoms with van der Waals surface area (Å²) in [5.41, 5.74) is 0.396. The van der Waals surface area contributed by atoms with Gasteiger partial charge in [-0.25, -0.2) is 0 Å². The first kappa shape index (κ1) is 17.4. The molecule has 1 aromatic carbocycles. The highest BCUT2D eigenvalue weighted by Crippen LogP contribution is 2.22. The number of carbonyl (C=O) groups is 1. The molecule has 2 rings (SSSR count). The van der Waals surface area contributed by atoms with Crippen molar-refractivity contribution in [1.29, 1.82) is 0 Å². The molecule has 2 atom stereocenters. The van der Waals surface area contributed by atoms with Crippen molar-refractivity contribution < 1.29 is 23.4 Å². The molecule has 2 N–H and O–H groups in total. The molecule has 4 nitrogen and oxygen atoms in total. The predicted octanol–water partition coefficient (Wildman–Crippen LogP) is 3.30. The SMILES string of the molecule is CC(C(=O)NCC(O)c1cccc(OC(F)F)c1)c1cccs1. The molecule has 0 saturated heterocycles. The van der Waals surface area contributed by atoms with Crippen LogP contribution in [-0.4, -0.2) is 24.2 Å². The second kappa shape index (κ2) is 8.03.